The molecule has 8 nitrogen and oxygen atoms in total. The van der Waals surface area contributed by atoms with Gasteiger partial charge in [0.15, 0.2) is 15.8 Å². The average Bonchev–Trinajstić information content (AvgIpc) is 2.67. The Morgan fingerprint density at radius 1 is 1.26 bits per heavy atom. The molecule has 0 saturated carbocycles. The summed E-state index contributed by atoms with van der Waals surface area (Å²) in [6, 6.07) is 7.44. The van der Waals surface area contributed by atoms with Gasteiger partial charge >= 0.3 is 0 Å². The standard InChI is InChI=1S/C21H35N5O3S.HI/c1-6-22-20(26-12-13-30(28,29)21(2,3)16-26)24-15-17-8-7-9-18(14-17)19(27)23-10-11-25(4)5;/h7-9,14H,6,10-13,15-16H2,1-5H3,(H,22,24)(H,23,27);1H. The number of benzene rings is 1. The summed E-state index contributed by atoms with van der Waals surface area (Å²) in [5, 5.41) is 6.18. The number of hydrogen-bond donors (Lipinski definition) is 2. The predicted molar refractivity (Wildman–Crippen MR) is 137 cm³/mol. The van der Waals surface area contributed by atoms with Crippen LogP contribution in [0, 0.1) is 0 Å². The summed E-state index contributed by atoms with van der Waals surface area (Å²) in [4.78, 5) is 21.1. The van der Waals surface area contributed by atoms with Crippen molar-refractivity contribution < 1.29 is 13.2 Å². The van der Waals surface area contributed by atoms with Crippen LogP contribution in [0.1, 0.15) is 36.7 Å². The molecule has 1 fully saturated rings. The van der Waals surface area contributed by atoms with Gasteiger partial charge < -0.3 is 20.4 Å². The highest BCUT2D eigenvalue weighted by atomic mass is 127. The number of carbonyl (C=O) groups excluding carboxylic acids is 1. The van der Waals surface area contributed by atoms with Crippen molar-refractivity contribution in [3.8, 4) is 0 Å². The van der Waals surface area contributed by atoms with Crippen LogP contribution in [-0.2, 0) is 16.4 Å². The van der Waals surface area contributed by atoms with Gasteiger partial charge in [0.1, 0.15) is 0 Å². The number of halogens is 1. The van der Waals surface area contributed by atoms with E-state index in [9.17, 15) is 13.2 Å². The van der Waals surface area contributed by atoms with Crippen LogP contribution >= 0.6 is 24.0 Å². The molecule has 31 heavy (non-hydrogen) atoms. The molecule has 0 aliphatic carbocycles. The van der Waals surface area contributed by atoms with Crippen molar-refractivity contribution in [3.05, 3.63) is 35.4 Å². The SMILES string of the molecule is CCNC(=NCc1cccc(C(=O)NCCN(C)C)c1)N1CCS(=O)(=O)C(C)(C)C1.I. The van der Waals surface area contributed by atoms with Gasteiger partial charge in [-0.25, -0.2) is 13.4 Å². The summed E-state index contributed by atoms with van der Waals surface area (Å²) >= 11 is 0. The van der Waals surface area contributed by atoms with Gasteiger partial charge in [-0.3, -0.25) is 4.79 Å². The zero-order valence-corrected chi connectivity index (χ0v) is 22.3. The number of sulfone groups is 1. The molecule has 2 rings (SSSR count). The molecule has 1 amide bonds. The number of amides is 1. The van der Waals surface area contributed by atoms with Crippen LogP contribution < -0.4 is 10.6 Å². The molecule has 0 unspecified atom stereocenters. The van der Waals surface area contributed by atoms with Crippen molar-refractivity contribution in [2.24, 2.45) is 4.99 Å². The molecule has 2 N–H and O–H groups in total. The Morgan fingerprint density at radius 3 is 2.58 bits per heavy atom. The van der Waals surface area contributed by atoms with E-state index in [-0.39, 0.29) is 35.6 Å². The molecular weight excluding hydrogens is 529 g/mol. The first-order valence-electron chi connectivity index (χ1n) is 10.3. The third-order valence-electron chi connectivity index (χ3n) is 5.12. The molecule has 1 aromatic rings. The lowest BCUT2D eigenvalue weighted by atomic mass is 10.1. The van der Waals surface area contributed by atoms with Gasteiger partial charge in [0, 0.05) is 38.3 Å². The molecule has 0 aromatic heterocycles. The quantitative estimate of drug-likeness (QED) is 0.296. The Labute approximate surface area is 203 Å². The molecule has 0 radical (unpaired) electrons. The van der Waals surface area contributed by atoms with E-state index in [4.69, 9.17) is 4.99 Å². The van der Waals surface area contributed by atoms with Gasteiger partial charge in [0.05, 0.1) is 17.0 Å². The van der Waals surface area contributed by atoms with Gasteiger partial charge in [0.25, 0.3) is 5.91 Å². The van der Waals surface area contributed by atoms with E-state index in [0.717, 1.165) is 12.1 Å². The van der Waals surface area contributed by atoms with Crippen LogP contribution in [0.25, 0.3) is 0 Å². The van der Waals surface area contributed by atoms with Gasteiger partial charge in [0.2, 0.25) is 0 Å². The highest BCUT2D eigenvalue weighted by molar-refractivity contribution is 14.0. The van der Waals surface area contributed by atoms with E-state index in [1.165, 1.54) is 0 Å². The number of nitrogens with zero attached hydrogens (tertiary/aromatic N) is 3. The number of guanidine groups is 1. The molecule has 1 aliphatic heterocycles. The lowest BCUT2D eigenvalue weighted by molar-refractivity contribution is 0.0951. The zero-order valence-electron chi connectivity index (χ0n) is 19.1. The van der Waals surface area contributed by atoms with Crippen molar-refractivity contribution in [1.82, 2.24) is 20.4 Å². The monoisotopic (exact) mass is 565 g/mol. The Balaban J connectivity index is 0.00000480. The van der Waals surface area contributed by atoms with E-state index in [2.05, 4.69) is 10.6 Å². The molecule has 1 heterocycles. The molecule has 0 bridgehead atoms. The van der Waals surface area contributed by atoms with Gasteiger partial charge in [-0.15, -0.1) is 24.0 Å². The second-order valence-electron chi connectivity index (χ2n) is 8.43. The van der Waals surface area contributed by atoms with Crippen molar-refractivity contribution in [3.63, 3.8) is 0 Å². The van der Waals surface area contributed by atoms with Crippen LogP contribution in [-0.4, -0.2) is 87.4 Å². The number of likely N-dealkylation sites (N-methyl/N-ethyl adjacent to an activating group) is 1. The topological polar surface area (TPSA) is 94.1 Å². The number of nitrogens with one attached hydrogen (secondary N) is 2. The molecule has 0 atom stereocenters. The maximum Gasteiger partial charge on any atom is 0.251 e. The van der Waals surface area contributed by atoms with E-state index in [1.807, 2.05) is 49.0 Å². The Hall–Kier alpha value is -1.40. The second-order valence-corrected chi connectivity index (χ2v) is 11.2. The molecule has 176 valence electrons. The van der Waals surface area contributed by atoms with Crippen molar-refractivity contribution in [1.29, 1.82) is 0 Å². The maximum atomic E-state index is 12.4. The van der Waals surface area contributed by atoms with Crippen LogP contribution in [0.3, 0.4) is 0 Å². The molecule has 1 aromatic carbocycles. The fourth-order valence-electron chi connectivity index (χ4n) is 3.22. The largest absolute Gasteiger partial charge is 0.357 e. The summed E-state index contributed by atoms with van der Waals surface area (Å²) in [5.41, 5.74) is 1.53. The fourth-order valence-corrected chi connectivity index (χ4v) is 4.59. The van der Waals surface area contributed by atoms with Gasteiger partial charge in [-0.05, 0) is 52.6 Å². The Kier molecular flexibility index (Phi) is 10.7. The minimum atomic E-state index is -3.11. The van der Waals surface area contributed by atoms with E-state index < -0.39 is 14.6 Å². The second kappa shape index (κ2) is 12.0. The summed E-state index contributed by atoms with van der Waals surface area (Å²) in [6.07, 6.45) is 0. The molecule has 1 saturated heterocycles. The zero-order chi connectivity index (χ0) is 22.4. The highest BCUT2D eigenvalue weighted by Gasteiger charge is 2.40. The van der Waals surface area contributed by atoms with Crippen molar-refractivity contribution in [2.45, 2.75) is 32.1 Å². The summed E-state index contributed by atoms with van der Waals surface area (Å²) < 4.78 is 23.8. The highest BCUT2D eigenvalue weighted by Crippen LogP contribution is 2.23. The van der Waals surface area contributed by atoms with Gasteiger partial charge in [-0.2, -0.15) is 0 Å². The summed E-state index contributed by atoms with van der Waals surface area (Å²) in [7, 11) is 0.818. The van der Waals surface area contributed by atoms with Gasteiger partial charge in [-0.1, -0.05) is 12.1 Å². The first kappa shape index (κ1) is 27.6. The third kappa shape index (κ3) is 7.90. The van der Waals surface area contributed by atoms with Crippen molar-refractivity contribution >= 4 is 45.7 Å². The van der Waals surface area contributed by atoms with Crippen LogP contribution in [0.15, 0.2) is 29.3 Å². The number of rotatable bonds is 7. The summed E-state index contributed by atoms with van der Waals surface area (Å²) in [5.74, 6) is 0.714. The Morgan fingerprint density at radius 2 is 1.97 bits per heavy atom. The number of hydrogen-bond acceptors (Lipinski definition) is 5. The Bertz CT molecular complexity index is 872. The molecule has 0 spiro atoms. The molecule has 10 heteroatoms. The van der Waals surface area contributed by atoms with E-state index >= 15 is 0 Å². The number of aliphatic imine (C=N–C) groups is 1. The predicted octanol–water partition coefficient (Wildman–Crippen LogP) is 1.57. The summed E-state index contributed by atoms with van der Waals surface area (Å²) in [6.45, 7) is 8.80. The van der Waals surface area contributed by atoms with E-state index in [0.29, 0.717) is 44.2 Å². The maximum absolute atomic E-state index is 12.4. The smallest absolute Gasteiger partial charge is 0.251 e. The minimum Gasteiger partial charge on any atom is -0.357 e. The average molecular weight is 566 g/mol. The third-order valence-corrected chi connectivity index (χ3v) is 7.66. The van der Waals surface area contributed by atoms with Crippen LogP contribution in [0.2, 0.25) is 0 Å². The first-order valence-corrected chi connectivity index (χ1v) is 12.0. The lowest BCUT2D eigenvalue weighted by Crippen LogP contribution is -2.57. The minimum absolute atomic E-state index is 0. The molecular formula is C21H36IN5O3S. The van der Waals surface area contributed by atoms with E-state index in [1.54, 1.807) is 19.9 Å². The molecule has 1 aliphatic rings. The number of carbonyl (C=O) groups is 1. The van der Waals surface area contributed by atoms with Crippen molar-refractivity contribution in [2.75, 3.05) is 52.6 Å². The van der Waals surface area contributed by atoms with Crippen LogP contribution in [0.5, 0.6) is 0 Å². The fraction of sp³-hybridized carbons (Fsp3) is 0.619. The van der Waals surface area contributed by atoms with Crippen LogP contribution in [0.4, 0.5) is 0 Å². The lowest BCUT2D eigenvalue weighted by Gasteiger charge is -2.39. The normalized spacial score (nSPS) is 17.7. The first-order chi connectivity index (χ1) is 14.1.